The van der Waals surface area contributed by atoms with Crippen LogP contribution in [0.3, 0.4) is 0 Å². The van der Waals surface area contributed by atoms with Crippen LogP contribution in [0.4, 0.5) is 0 Å². The molecule has 0 radical (unpaired) electrons. The SMILES string of the molecule is CC(=O)N(CCCCCN(CC(P(=O)(O)O)P(=O)(O)O)C(C)=O)CC(P(=O)(O)O)P(=O)(O)O. The molecule has 0 rings (SSSR count). The molecule has 8 N–H and O–H groups in total. The molecule has 16 nitrogen and oxygen atoms in total. The van der Waals surface area contributed by atoms with Crippen LogP contribution in [0.2, 0.25) is 0 Å². The molecule has 0 bridgehead atoms. The van der Waals surface area contributed by atoms with E-state index in [9.17, 15) is 67.0 Å². The van der Waals surface area contributed by atoms with Gasteiger partial charge in [-0.05, 0) is 19.3 Å². The normalized spacial score (nSPS) is 13.5. The van der Waals surface area contributed by atoms with E-state index in [1.165, 1.54) is 0 Å². The zero-order chi connectivity index (χ0) is 26.4. The molecule has 0 saturated carbocycles. The van der Waals surface area contributed by atoms with Crippen LogP contribution in [-0.2, 0) is 27.8 Å². The number of rotatable bonds is 14. The minimum Gasteiger partial charge on any atom is -0.341 e. The lowest BCUT2D eigenvalue weighted by Gasteiger charge is -2.28. The second kappa shape index (κ2) is 12.5. The highest BCUT2D eigenvalue weighted by Gasteiger charge is 2.45. The monoisotopic (exact) mass is 562 g/mol. The van der Waals surface area contributed by atoms with Gasteiger partial charge in [0.15, 0.2) is 10.8 Å². The predicted molar refractivity (Wildman–Crippen MR) is 114 cm³/mol. The van der Waals surface area contributed by atoms with Gasteiger partial charge in [0.05, 0.1) is 0 Å². The van der Waals surface area contributed by atoms with E-state index in [1.807, 2.05) is 0 Å². The summed E-state index contributed by atoms with van der Waals surface area (Å²) >= 11 is 0. The van der Waals surface area contributed by atoms with Gasteiger partial charge in [-0.1, -0.05) is 0 Å². The molecule has 0 unspecified atom stereocenters. The molecule has 33 heavy (non-hydrogen) atoms. The van der Waals surface area contributed by atoms with Crippen LogP contribution in [0.25, 0.3) is 0 Å². The van der Waals surface area contributed by atoms with Gasteiger partial charge >= 0.3 is 30.4 Å². The van der Waals surface area contributed by atoms with Gasteiger partial charge in [0.25, 0.3) is 0 Å². The topological polar surface area (TPSA) is 271 Å². The number of carbonyl (C=O) groups is 2. The molecule has 0 aliphatic heterocycles. The van der Waals surface area contributed by atoms with E-state index >= 15 is 0 Å². The number of carbonyl (C=O) groups excluding carboxylic acids is 2. The van der Waals surface area contributed by atoms with Crippen molar-refractivity contribution >= 4 is 42.2 Å². The highest BCUT2D eigenvalue weighted by atomic mass is 31.2. The molecule has 0 aromatic carbocycles. The summed E-state index contributed by atoms with van der Waals surface area (Å²) in [5, 5.41) is -4.78. The molecular weight excluding hydrogens is 532 g/mol. The smallest absolute Gasteiger partial charge is 0.341 e. The third-order valence-electron chi connectivity index (χ3n) is 4.57. The number of amides is 2. The Morgan fingerprint density at radius 3 is 1.00 bits per heavy atom. The van der Waals surface area contributed by atoms with Crippen molar-refractivity contribution < 1.29 is 67.0 Å². The average Bonchev–Trinajstić information content (AvgIpc) is 2.54. The van der Waals surface area contributed by atoms with Crippen LogP contribution >= 0.6 is 30.4 Å². The molecule has 0 saturated heterocycles. The molecule has 0 heterocycles. The maximum atomic E-state index is 11.7. The first-order chi connectivity index (χ1) is 14.6. The van der Waals surface area contributed by atoms with Crippen molar-refractivity contribution in [1.82, 2.24) is 9.80 Å². The van der Waals surface area contributed by atoms with Crippen molar-refractivity contribution in [2.45, 2.75) is 43.9 Å². The number of hydrogen-bond acceptors (Lipinski definition) is 6. The van der Waals surface area contributed by atoms with Crippen molar-refractivity contribution in [3.8, 4) is 0 Å². The first kappa shape index (κ1) is 32.5. The zero-order valence-corrected chi connectivity index (χ0v) is 21.4. The molecule has 196 valence electrons. The Morgan fingerprint density at radius 2 is 0.818 bits per heavy atom. The van der Waals surface area contributed by atoms with Gasteiger partial charge in [0.1, 0.15) is 0 Å². The van der Waals surface area contributed by atoms with Crippen LogP contribution in [0.1, 0.15) is 33.1 Å². The fourth-order valence-corrected chi connectivity index (χ4v) is 7.52. The Bertz CT molecular complexity index is 758. The Labute approximate surface area is 189 Å². The highest BCUT2D eigenvalue weighted by Crippen LogP contribution is 2.60. The highest BCUT2D eigenvalue weighted by molar-refractivity contribution is 7.71. The zero-order valence-electron chi connectivity index (χ0n) is 17.8. The lowest BCUT2D eigenvalue weighted by atomic mass is 10.2. The second-order valence-electron chi connectivity index (χ2n) is 7.31. The molecule has 0 aliphatic carbocycles. The maximum Gasteiger partial charge on any atom is 0.342 e. The fourth-order valence-electron chi connectivity index (χ4n) is 2.75. The summed E-state index contributed by atoms with van der Waals surface area (Å²) in [6.07, 6.45) is 0.585. The summed E-state index contributed by atoms with van der Waals surface area (Å²) in [7, 11) is -20.9. The lowest BCUT2D eigenvalue weighted by Crippen LogP contribution is -2.37. The van der Waals surface area contributed by atoms with E-state index in [-0.39, 0.29) is 32.4 Å². The van der Waals surface area contributed by atoms with Crippen LogP contribution in [0.5, 0.6) is 0 Å². The summed E-state index contributed by atoms with van der Waals surface area (Å²) in [6, 6.07) is 0. The average molecular weight is 562 g/mol. The molecular formula is C13H30N2O14P4. The Balaban J connectivity index is 5.02. The number of unbranched alkanes of at least 4 members (excludes halogenated alkanes) is 2. The summed E-state index contributed by atoms with van der Waals surface area (Å²) in [6.45, 7) is 0.0146. The third kappa shape index (κ3) is 12.2. The van der Waals surface area contributed by atoms with Crippen LogP contribution in [0, 0.1) is 0 Å². The molecule has 20 heteroatoms. The van der Waals surface area contributed by atoms with E-state index in [2.05, 4.69) is 0 Å². The van der Waals surface area contributed by atoms with Crippen molar-refractivity contribution in [3.05, 3.63) is 0 Å². The van der Waals surface area contributed by atoms with E-state index in [0.29, 0.717) is 0 Å². The van der Waals surface area contributed by atoms with Crippen molar-refractivity contribution in [1.29, 1.82) is 0 Å². The van der Waals surface area contributed by atoms with Crippen molar-refractivity contribution in [2.24, 2.45) is 0 Å². The molecule has 0 aliphatic rings. The number of nitrogens with zero attached hydrogens (tertiary/aromatic N) is 2. The van der Waals surface area contributed by atoms with Crippen molar-refractivity contribution in [3.63, 3.8) is 0 Å². The van der Waals surface area contributed by atoms with E-state index < -0.39 is 66.1 Å². The van der Waals surface area contributed by atoms with Gasteiger partial charge in [-0.15, -0.1) is 0 Å². The quantitative estimate of drug-likeness (QED) is 0.0953. The van der Waals surface area contributed by atoms with E-state index in [4.69, 9.17) is 0 Å². The Hall–Kier alpha value is -0.460. The third-order valence-corrected chi connectivity index (χ3v) is 11.9. The van der Waals surface area contributed by atoms with Crippen molar-refractivity contribution in [2.75, 3.05) is 26.2 Å². The van der Waals surface area contributed by atoms with Gasteiger partial charge < -0.3 is 48.9 Å². The summed E-state index contributed by atoms with van der Waals surface area (Å²) in [5.74, 6) is -1.39. The predicted octanol–water partition coefficient (Wildman–Crippen LogP) is -0.783. The minimum absolute atomic E-state index is 0.139. The Morgan fingerprint density at radius 1 is 0.576 bits per heavy atom. The Kier molecular flexibility index (Phi) is 12.3. The van der Waals surface area contributed by atoms with Gasteiger partial charge in [-0.25, -0.2) is 0 Å². The van der Waals surface area contributed by atoms with Gasteiger partial charge in [0.2, 0.25) is 11.8 Å². The van der Waals surface area contributed by atoms with Gasteiger partial charge in [0, 0.05) is 40.0 Å². The summed E-state index contributed by atoms with van der Waals surface area (Å²) in [4.78, 5) is 98.6. The standard InChI is InChI=1S/C13H30N2O14P4/c1-10(16)14(8-12(30(18,19)20)31(21,22)23)6-4-3-5-7-15(11(2)17)9-13(32(24,25)26)33(27,28)29/h12-13H,3-9H2,1-2H3,(H2,18,19,20)(H2,21,22,23)(H2,24,25,26)(H2,27,28,29). The van der Waals surface area contributed by atoms with E-state index in [1.54, 1.807) is 0 Å². The van der Waals surface area contributed by atoms with E-state index in [0.717, 1.165) is 23.6 Å². The first-order valence-corrected chi connectivity index (χ1v) is 16.0. The summed E-state index contributed by atoms with van der Waals surface area (Å²) in [5.41, 5.74) is 0. The lowest BCUT2D eigenvalue weighted by molar-refractivity contribution is -0.129. The molecule has 0 aromatic rings. The van der Waals surface area contributed by atoms with Gasteiger partial charge in [-0.2, -0.15) is 0 Å². The molecule has 0 atom stereocenters. The molecule has 2 amide bonds. The summed E-state index contributed by atoms with van der Waals surface area (Å²) < 4.78 is 45.6. The minimum atomic E-state index is -5.23. The van der Waals surface area contributed by atoms with Crippen LogP contribution < -0.4 is 0 Å². The molecule has 0 spiro atoms. The second-order valence-corrected chi connectivity index (χ2v) is 15.3. The maximum absolute atomic E-state index is 11.7. The first-order valence-electron chi connectivity index (χ1n) is 9.30. The van der Waals surface area contributed by atoms with Crippen LogP contribution in [0.15, 0.2) is 0 Å². The number of hydrogen-bond donors (Lipinski definition) is 8. The van der Waals surface area contributed by atoms with Gasteiger partial charge in [-0.3, -0.25) is 27.8 Å². The largest absolute Gasteiger partial charge is 0.342 e. The molecule has 0 aromatic heterocycles. The fraction of sp³-hybridized carbons (Fsp3) is 0.846. The van der Waals surface area contributed by atoms with Crippen LogP contribution in [-0.4, -0.2) is 97.7 Å². The molecule has 0 fully saturated rings.